The number of anilines is 1. The quantitative estimate of drug-likeness (QED) is 0.778. The van der Waals surface area contributed by atoms with Crippen molar-refractivity contribution in [2.24, 2.45) is 0 Å². The van der Waals surface area contributed by atoms with Crippen molar-refractivity contribution in [1.82, 2.24) is 9.80 Å². The molecule has 0 saturated carbocycles. The number of nitrogens with zero attached hydrogens (tertiary/aromatic N) is 2. The summed E-state index contributed by atoms with van der Waals surface area (Å²) in [6.45, 7) is 4.26. The van der Waals surface area contributed by atoms with Crippen LogP contribution in [0, 0.1) is 0 Å². The smallest absolute Gasteiger partial charge is 0.303 e. The maximum absolute atomic E-state index is 12.3. The first-order valence-electron chi connectivity index (χ1n) is 8.57. The fourth-order valence-corrected chi connectivity index (χ4v) is 2.84. The number of carboxylic acids is 1. The highest BCUT2D eigenvalue weighted by Crippen LogP contribution is 2.12. The number of piperazine rings is 1. The highest BCUT2D eigenvalue weighted by Gasteiger charge is 2.27. The second-order valence-corrected chi connectivity index (χ2v) is 6.20. The zero-order valence-corrected chi connectivity index (χ0v) is 14.5. The van der Waals surface area contributed by atoms with Crippen LogP contribution in [-0.4, -0.2) is 64.9 Å². The lowest BCUT2D eigenvalue weighted by atomic mass is 10.1. The molecular weight excluding hydrogens is 322 g/mol. The Balaban J connectivity index is 1.76. The first-order chi connectivity index (χ1) is 12.0. The van der Waals surface area contributed by atoms with Gasteiger partial charge < -0.3 is 15.3 Å². The monoisotopic (exact) mass is 347 g/mol. The molecule has 0 aliphatic carbocycles. The Labute approximate surface area is 147 Å². The lowest BCUT2D eigenvalue weighted by molar-refractivity contribution is -0.137. The molecule has 2 rings (SSSR count). The number of carboxylic acid groups (broad SMARTS) is 1. The molecule has 25 heavy (non-hydrogen) atoms. The molecule has 2 N–H and O–H groups in total. The van der Waals surface area contributed by atoms with Crippen molar-refractivity contribution in [3.8, 4) is 0 Å². The second-order valence-electron chi connectivity index (χ2n) is 6.20. The lowest BCUT2D eigenvalue weighted by Gasteiger charge is -2.37. The molecule has 1 heterocycles. The van der Waals surface area contributed by atoms with Gasteiger partial charge in [-0.3, -0.25) is 19.3 Å². The molecule has 1 aromatic carbocycles. The molecule has 0 radical (unpaired) electrons. The van der Waals surface area contributed by atoms with Crippen LogP contribution in [0.1, 0.15) is 26.2 Å². The van der Waals surface area contributed by atoms with Crippen LogP contribution < -0.4 is 5.32 Å². The van der Waals surface area contributed by atoms with Gasteiger partial charge in [-0.05, 0) is 25.5 Å². The molecule has 7 heteroatoms. The van der Waals surface area contributed by atoms with Gasteiger partial charge >= 0.3 is 5.97 Å². The minimum atomic E-state index is -0.879. The molecule has 1 aliphatic rings. The van der Waals surface area contributed by atoms with Crippen molar-refractivity contribution < 1.29 is 19.5 Å². The van der Waals surface area contributed by atoms with E-state index in [4.69, 9.17) is 5.11 Å². The number of benzene rings is 1. The van der Waals surface area contributed by atoms with E-state index in [9.17, 15) is 14.4 Å². The molecule has 1 saturated heterocycles. The van der Waals surface area contributed by atoms with Crippen LogP contribution in [0.3, 0.4) is 0 Å². The van der Waals surface area contributed by atoms with Crippen molar-refractivity contribution in [3.05, 3.63) is 30.3 Å². The van der Waals surface area contributed by atoms with Crippen molar-refractivity contribution >= 4 is 23.5 Å². The SMILES string of the molecule is CC(C(=O)Nc1ccccc1)N1CCN(C(=O)CCCC(=O)O)CC1. The highest BCUT2D eigenvalue weighted by atomic mass is 16.4. The van der Waals surface area contributed by atoms with Gasteiger partial charge in [-0.2, -0.15) is 0 Å². The van der Waals surface area contributed by atoms with E-state index in [-0.39, 0.29) is 30.7 Å². The van der Waals surface area contributed by atoms with Gasteiger partial charge in [-0.25, -0.2) is 0 Å². The van der Waals surface area contributed by atoms with E-state index in [1.807, 2.05) is 37.3 Å². The minimum Gasteiger partial charge on any atom is -0.481 e. The maximum atomic E-state index is 12.3. The van der Waals surface area contributed by atoms with Gasteiger partial charge in [-0.1, -0.05) is 18.2 Å². The normalized spacial score (nSPS) is 16.3. The Hall–Kier alpha value is -2.41. The van der Waals surface area contributed by atoms with E-state index < -0.39 is 5.97 Å². The molecule has 7 nitrogen and oxygen atoms in total. The van der Waals surface area contributed by atoms with Gasteiger partial charge in [0.25, 0.3) is 0 Å². The summed E-state index contributed by atoms with van der Waals surface area (Å²) in [5, 5.41) is 11.5. The van der Waals surface area contributed by atoms with Crippen LogP contribution in [0.5, 0.6) is 0 Å². The van der Waals surface area contributed by atoms with Gasteiger partial charge in [0.2, 0.25) is 11.8 Å². The number of hydrogen-bond donors (Lipinski definition) is 2. The standard InChI is InChI=1S/C18H25N3O4/c1-14(18(25)19-15-6-3-2-4-7-15)20-10-12-21(13-11-20)16(22)8-5-9-17(23)24/h2-4,6-7,14H,5,8-13H2,1H3,(H,19,25)(H,23,24). The summed E-state index contributed by atoms with van der Waals surface area (Å²) >= 11 is 0. The van der Waals surface area contributed by atoms with E-state index in [0.717, 1.165) is 5.69 Å². The Morgan fingerprint density at radius 2 is 1.72 bits per heavy atom. The van der Waals surface area contributed by atoms with E-state index >= 15 is 0 Å². The fraction of sp³-hybridized carbons (Fsp3) is 0.500. The van der Waals surface area contributed by atoms with Crippen LogP contribution in [0.15, 0.2) is 30.3 Å². The predicted octanol–water partition coefficient (Wildman–Crippen LogP) is 1.41. The molecule has 0 bridgehead atoms. The number of hydrogen-bond acceptors (Lipinski definition) is 4. The molecular formula is C18H25N3O4. The topological polar surface area (TPSA) is 90.0 Å². The molecule has 1 aliphatic heterocycles. The Kier molecular flexibility index (Phi) is 6.94. The zero-order valence-electron chi connectivity index (χ0n) is 14.5. The average molecular weight is 347 g/mol. The molecule has 0 spiro atoms. The first-order valence-corrected chi connectivity index (χ1v) is 8.57. The van der Waals surface area contributed by atoms with Gasteiger partial charge in [0, 0.05) is 44.7 Å². The Bertz CT molecular complexity index is 598. The van der Waals surface area contributed by atoms with Crippen LogP contribution in [-0.2, 0) is 14.4 Å². The zero-order chi connectivity index (χ0) is 18.2. The Morgan fingerprint density at radius 1 is 1.08 bits per heavy atom. The summed E-state index contributed by atoms with van der Waals surface area (Å²) in [5.74, 6) is -0.953. The molecule has 0 aromatic heterocycles. The number of aliphatic carboxylic acids is 1. The highest BCUT2D eigenvalue weighted by molar-refractivity contribution is 5.94. The fourth-order valence-electron chi connectivity index (χ4n) is 2.84. The maximum Gasteiger partial charge on any atom is 0.303 e. The summed E-state index contributed by atoms with van der Waals surface area (Å²) in [7, 11) is 0. The van der Waals surface area contributed by atoms with E-state index in [0.29, 0.717) is 32.6 Å². The third-order valence-electron chi connectivity index (χ3n) is 4.42. The van der Waals surface area contributed by atoms with Crippen LogP contribution in [0.25, 0.3) is 0 Å². The number of rotatable bonds is 7. The number of amides is 2. The van der Waals surface area contributed by atoms with Crippen molar-refractivity contribution in [2.75, 3.05) is 31.5 Å². The predicted molar refractivity (Wildman–Crippen MR) is 94.2 cm³/mol. The van der Waals surface area contributed by atoms with Crippen LogP contribution in [0.4, 0.5) is 5.69 Å². The number of carbonyl (C=O) groups is 3. The second kappa shape index (κ2) is 9.17. The summed E-state index contributed by atoms with van der Waals surface area (Å²) < 4.78 is 0. The van der Waals surface area contributed by atoms with Gasteiger partial charge in [0.15, 0.2) is 0 Å². The summed E-state index contributed by atoms with van der Waals surface area (Å²) in [6, 6.07) is 9.05. The van der Waals surface area contributed by atoms with E-state index in [1.165, 1.54) is 0 Å². The summed E-state index contributed by atoms with van der Waals surface area (Å²) in [5.41, 5.74) is 0.770. The third kappa shape index (κ3) is 5.86. The molecule has 1 fully saturated rings. The molecule has 1 unspecified atom stereocenters. The molecule has 136 valence electrons. The number of nitrogens with one attached hydrogen (secondary N) is 1. The van der Waals surface area contributed by atoms with Crippen molar-refractivity contribution in [2.45, 2.75) is 32.2 Å². The number of para-hydroxylation sites is 1. The van der Waals surface area contributed by atoms with Crippen LogP contribution in [0.2, 0.25) is 0 Å². The van der Waals surface area contributed by atoms with Gasteiger partial charge in [-0.15, -0.1) is 0 Å². The molecule has 1 atom stereocenters. The summed E-state index contributed by atoms with van der Waals surface area (Å²) in [4.78, 5) is 38.7. The largest absolute Gasteiger partial charge is 0.481 e. The summed E-state index contributed by atoms with van der Waals surface area (Å²) in [6.07, 6.45) is 0.642. The Morgan fingerprint density at radius 3 is 2.32 bits per heavy atom. The first kappa shape index (κ1) is 18.9. The van der Waals surface area contributed by atoms with Crippen LogP contribution >= 0.6 is 0 Å². The molecule has 1 aromatic rings. The minimum absolute atomic E-state index is 0.0118. The van der Waals surface area contributed by atoms with Crippen molar-refractivity contribution in [3.63, 3.8) is 0 Å². The lowest BCUT2D eigenvalue weighted by Crippen LogP contribution is -2.54. The van der Waals surface area contributed by atoms with E-state index in [1.54, 1.807) is 4.90 Å². The van der Waals surface area contributed by atoms with E-state index in [2.05, 4.69) is 10.2 Å². The average Bonchev–Trinajstić information content (AvgIpc) is 2.61. The van der Waals surface area contributed by atoms with Gasteiger partial charge in [0.05, 0.1) is 6.04 Å². The third-order valence-corrected chi connectivity index (χ3v) is 4.42. The molecule has 2 amide bonds. The van der Waals surface area contributed by atoms with Gasteiger partial charge in [0.1, 0.15) is 0 Å². The number of carbonyl (C=O) groups excluding carboxylic acids is 2. The van der Waals surface area contributed by atoms with Crippen molar-refractivity contribution in [1.29, 1.82) is 0 Å².